The van der Waals surface area contributed by atoms with Gasteiger partial charge in [0, 0.05) is 24.9 Å². The topological polar surface area (TPSA) is 59.2 Å². The lowest BCUT2D eigenvalue weighted by Crippen LogP contribution is -2.26. The molecule has 124 valence electrons. The minimum Gasteiger partial charge on any atom is -0.361 e. The van der Waals surface area contributed by atoms with E-state index < -0.39 is 0 Å². The van der Waals surface area contributed by atoms with Crippen molar-refractivity contribution < 1.29 is 9.32 Å². The van der Waals surface area contributed by atoms with Gasteiger partial charge in [-0.15, -0.1) is 11.3 Å². The maximum absolute atomic E-state index is 12.7. The largest absolute Gasteiger partial charge is 0.361 e. The van der Waals surface area contributed by atoms with Crippen molar-refractivity contribution in [2.24, 2.45) is 0 Å². The number of carbonyl (C=O) groups excluding carboxylic acids is 1. The van der Waals surface area contributed by atoms with E-state index in [4.69, 9.17) is 4.52 Å². The number of fused-ring (bicyclic) bond motifs is 1. The minimum atomic E-state index is 0.0134. The van der Waals surface area contributed by atoms with Crippen LogP contribution in [0.1, 0.15) is 70.0 Å². The molecule has 0 bridgehead atoms. The molecule has 2 aromatic heterocycles. The van der Waals surface area contributed by atoms with Crippen LogP contribution in [0.3, 0.4) is 0 Å². The zero-order chi connectivity index (χ0) is 16.6. The maximum atomic E-state index is 12.7. The van der Waals surface area contributed by atoms with E-state index in [2.05, 4.69) is 24.0 Å². The first-order valence-electron chi connectivity index (χ1n) is 8.16. The summed E-state index contributed by atoms with van der Waals surface area (Å²) in [5.41, 5.74) is 2.93. The Morgan fingerprint density at radius 2 is 2.09 bits per heavy atom. The van der Waals surface area contributed by atoms with Gasteiger partial charge in [0.1, 0.15) is 16.3 Å². The third-order valence-corrected chi connectivity index (χ3v) is 5.71. The van der Waals surface area contributed by atoms with E-state index in [1.165, 1.54) is 23.3 Å². The van der Waals surface area contributed by atoms with E-state index >= 15 is 0 Å². The van der Waals surface area contributed by atoms with Gasteiger partial charge >= 0.3 is 0 Å². The average Bonchev–Trinajstić information content (AvgIpc) is 3.11. The van der Waals surface area contributed by atoms with Crippen molar-refractivity contribution in [3.05, 3.63) is 32.6 Å². The molecule has 0 saturated carbocycles. The van der Waals surface area contributed by atoms with E-state index in [-0.39, 0.29) is 5.91 Å². The summed E-state index contributed by atoms with van der Waals surface area (Å²) in [7, 11) is 1.82. The standard InChI is InChI=1S/C17H23N3O2S/c1-10(2)16-18-11(3)15(23-16)17(21)20(4)9-13-12-7-5-6-8-14(12)22-19-13/h10H,5-9H2,1-4H3. The molecule has 0 aromatic carbocycles. The van der Waals surface area contributed by atoms with E-state index in [1.54, 1.807) is 4.90 Å². The fraction of sp³-hybridized carbons (Fsp3) is 0.588. The molecule has 2 heterocycles. The van der Waals surface area contributed by atoms with Crippen molar-refractivity contribution in [2.45, 2.75) is 58.9 Å². The summed E-state index contributed by atoms with van der Waals surface area (Å²) >= 11 is 1.50. The zero-order valence-corrected chi connectivity index (χ0v) is 15.0. The van der Waals surface area contributed by atoms with Crippen molar-refractivity contribution in [1.82, 2.24) is 15.0 Å². The molecule has 0 saturated heterocycles. The number of aromatic nitrogens is 2. The van der Waals surface area contributed by atoms with Gasteiger partial charge in [0.2, 0.25) is 0 Å². The summed E-state index contributed by atoms with van der Waals surface area (Å²) in [6.07, 6.45) is 4.30. The normalized spacial score (nSPS) is 14.1. The molecule has 1 aliphatic rings. The molecule has 0 fully saturated rings. The quantitative estimate of drug-likeness (QED) is 0.856. The minimum absolute atomic E-state index is 0.0134. The first-order valence-corrected chi connectivity index (χ1v) is 8.98. The maximum Gasteiger partial charge on any atom is 0.265 e. The lowest BCUT2D eigenvalue weighted by molar-refractivity contribution is 0.0785. The third kappa shape index (κ3) is 3.17. The monoisotopic (exact) mass is 333 g/mol. The van der Waals surface area contributed by atoms with Crippen molar-refractivity contribution in [3.63, 3.8) is 0 Å². The molecule has 1 amide bonds. The summed E-state index contributed by atoms with van der Waals surface area (Å²) in [5.74, 6) is 1.36. The summed E-state index contributed by atoms with van der Waals surface area (Å²) in [4.78, 5) is 19.7. The lowest BCUT2D eigenvalue weighted by atomic mass is 9.96. The number of thiazole rings is 1. The van der Waals surface area contributed by atoms with Gasteiger partial charge in [-0.2, -0.15) is 0 Å². The van der Waals surface area contributed by atoms with Crippen molar-refractivity contribution in [2.75, 3.05) is 7.05 Å². The molecule has 1 aliphatic carbocycles. The fourth-order valence-corrected chi connectivity index (χ4v) is 3.97. The molecule has 0 spiro atoms. The highest BCUT2D eigenvalue weighted by Crippen LogP contribution is 2.27. The molecule has 3 rings (SSSR count). The van der Waals surface area contributed by atoms with Crippen LogP contribution in [0.2, 0.25) is 0 Å². The highest BCUT2D eigenvalue weighted by Gasteiger charge is 2.24. The first-order chi connectivity index (χ1) is 11.0. The Bertz CT molecular complexity index is 717. The number of amides is 1. The van der Waals surface area contributed by atoms with Gasteiger partial charge in [0.05, 0.1) is 17.2 Å². The summed E-state index contributed by atoms with van der Waals surface area (Å²) < 4.78 is 5.44. The molecule has 23 heavy (non-hydrogen) atoms. The lowest BCUT2D eigenvalue weighted by Gasteiger charge is -2.16. The molecule has 0 N–H and O–H groups in total. The van der Waals surface area contributed by atoms with Gasteiger partial charge in [-0.1, -0.05) is 19.0 Å². The predicted octanol–water partition coefficient (Wildman–Crippen LogP) is 3.71. The Kier molecular flexibility index (Phi) is 4.53. The number of carbonyl (C=O) groups is 1. The SMILES string of the molecule is Cc1nc(C(C)C)sc1C(=O)N(C)Cc1noc2c1CCCC2. The van der Waals surface area contributed by atoms with Crippen LogP contribution in [0.5, 0.6) is 0 Å². The molecule has 2 aromatic rings. The van der Waals surface area contributed by atoms with Gasteiger partial charge in [-0.25, -0.2) is 4.98 Å². The van der Waals surface area contributed by atoms with Crippen molar-refractivity contribution >= 4 is 17.2 Å². The highest BCUT2D eigenvalue weighted by atomic mass is 32.1. The molecule has 5 nitrogen and oxygen atoms in total. The van der Waals surface area contributed by atoms with Gasteiger partial charge in [-0.3, -0.25) is 4.79 Å². The second-order valence-electron chi connectivity index (χ2n) is 6.52. The Balaban J connectivity index is 1.76. The number of hydrogen-bond donors (Lipinski definition) is 0. The molecule has 0 atom stereocenters. The van der Waals surface area contributed by atoms with Crippen LogP contribution in [-0.2, 0) is 19.4 Å². The second-order valence-corrected chi connectivity index (χ2v) is 7.55. The Morgan fingerprint density at radius 1 is 1.35 bits per heavy atom. The van der Waals surface area contributed by atoms with Crippen LogP contribution < -0.4 is 0 Å². The molecule has 0 radical (unpaired) electrons. The molecule has 0 unspecified atom stereocenters. The van der Waals surface area contributed by atoms with Gasteiger partial charge < -0.3 is 9.42 Å². The van der Waals surface area contributed by atoms with Crippen LogP contribution >= 0.6 is 11.3 Å². The van der Waals surface area contributed by atoms with Crippen LogP contribution in [0.25, 0.3) is 0 Å². The summed E-state index contributed by atoms with van der Waals surface area (Å²) in [5, 5.41) is 5.20. The van der Waals surface area contributed by atoms with Crippen molar-refractivity contribution in [1.29, 1.82) is 0 Å². The van der Waals surface area contributed by atoms with Crippen LogP contribution in [0.15, 0.2) is 4.52 Å². The Hall–Kier alpha value is -1.69. The molecule has 0 aliphatic heterocycles. The van der Waals surface area contributed by atoms with E-state index in [0.717, 1.165) is 46.3 Å². The average molecular weight is 333 g/mol. The number of rotatable bonds is 4. The van der Waals surface area contributed by atoms with Crippen LogP contribution in [0.4, 0.5) is 0 Å². The van der Waals surface area contributed by atoms with E-state index in [0.29, 0.717) is 12.5 Å². The highest BCUT2D eigenvalue weighted by molar-refractivity contribution is 7.13. The van der Waals surface area contributed by atoms with E-state index in [1.807, 2.05) is 14.0 Å². The van der Waals surface area contributed by atoms with Crippen LogP contribution in [0, 0.1) is 6.92 Å². The fourth-order valence-electron chi connectivity index (χ4n) is 2.91. The molecule has 6 heteroatoms. The Labute approximate surface area is 140 Å². The number of hydrogen-bond acceptors (Lipinski definition) is 5. The second kappa shape index (κ2) is 6.43. The molecular weight excluding hydrogens is 310 g/mol. The molecular formula is C17H23N3O2S. The van der Waals surface area contributed by atoms with Crippen molar-refractivity contribution in [3.8, 4) is 0 Å². The third-order valence-electron chi connectivity index (χ3n) is 4.27. The van der Waals surface area contributed by atoms with Gasteiger partial charge in [0.25, 0.3) is 5.91 Å². The summed E-state index contributed by atoms with van der Waals surface area (Å²) in [6.45, 7) is 6.59. The van der Waals surface area contributed by atoms with Crippen LogP contribution in [-0.4, -0.2) is 28.0 Å². The zero-order valence-electron chi connectivity index (χ0n) is 14.2. The number of nitrogens with zero attached hydrogens (tertiary/aromatic N) is 3. The van der Waals surface area contributed by atoms with Gasteiger partial charge in [-0.05, 0) is 26.2 Å². The van der Waals surface area contributed by atoms with E-state index in [9.17, 15) is 4.79 Å². The van der Waals surface area contributed by atoms with Gasteiger partial charge in [0.15, 0.2) is 0 Å². The smallest absolute Gasteiger partial charge is 0.265 e. The number of aryl methyl sites for hydroxylation is 2. The first kappa shape index (κ1) is 16.2. The summed E-state index contributed by atoms with van der Waals surface area (Å²) in [6, 6.07) is 0. The Morgan fingerprint density at radius 3 is 2.78 bits per heavy atom. The predicted molar refractivity (Wildman–Crippen MR) is 89.9 cm³/mol.